The molecule has 1 heterocycles. The number of aromatic nitrogens is 2. The zero-order valence-electron chi connectivity index (χ0n) is 10.9. The first-order valence-electron chi connectivity index (χ1n) is 5.87. The number of aryl methyl sites for hydroxylation is 1. The van der Waals surface area contributed by atoms with Crippen LogP contribution >= 0.6 is 0 Å². The predicted octanol–water partition coefficient (Wildman–Crippen LogP) is -2.73. The molecule has 9 heteroatoms. The number of H-pyrrole nitrogens is 2. The summed E-state index contributed by atoms with van der Waals surface area (Å²) in [6.45, 7) is 1.27. The van der Waals surface area contributed by atoms with E-state index < -0.39 is 29.2 Å². The minimum absolute atomic E-state index is 0.0263. The lowest BCUT2D eigenvalue weighted by Crippen LogP contribution is -2.40. The van der Waals surface area contributed by atoms with Gasteiger partial charge in [-0.25, -0.2) is 4.79 Å². The molecule has 1 aromatic heterocycles. The Morgan fingerprint density at radius 3 is 2.55 bits per heavy atom. The summed E-state index contributed by atoms with van der Waals surface area (Å²) in [5.41, 5.74) is 4.36. The van der Waals surface area contributed by atoms with Crippen LogP contribution in [0.4, 0.5) is 0 Å². The number of primary amides is 1. The van der Waals surface area contributed by atoms with E-state index in [2.05, 4.69) is 15.3 Å². The molecule has 0 saturated carbocycles. The third-order valence-corrected chi connectivity index (χ3v) is 2.68. The van der Waals surface area contributed by atoms with Gasteiger partial charge in [0.2, 0.25) is 11.8 Å². The summed E-state index contributed by atoms with van der Waals surface area (Å²) in [5.74, 6) is -1.38. The van der Waals surface area contributed by atoms with Gasteiger partial charge in [-0.2, -0.15) is 0 Å². The van der Waals surface area contributed by atoms with E-state index in [1.807, 2.05) is 0 Å². The number of rotatable bonds is 6. The second kappa shape index (κ2) is 6.66. The van der Waals surface area contributed by atoms with Gasteiger partial charge in [0.05, 0.1) is 6.54 Å². The predicted molar refractivity (Wildman–Crippen MR) is 69.0 cm³/mol. The smallest absolute Gasteiger partial charge is 0.325 e. The van der Waals surface area contributed by atoms with Gasteiger partial charge >= 0.3 is 5.69 Å². The van der Waals surface area contributed by atoms with E-state index in [-0.39, 0.29) is 19.4 Å². The number of nitrogens with one attached hydrogen (secondary N) is 3. The van der Waals surface area contributed by atoms with E-state index in [4.69, 9.17) is 10.8 Å². The lowest BCUT2D eigenvalue weighted by Gasteiger charge is -2.08. The largest absolute Gasteiger partial charge is 0.381 e. The molecule has 1 atom stereocenters. The van der Waals surface area contributed by atoms with Crippen molar-refractivity contribution in [2.75, 3.05) is 6.54 Å². The van der Waals surface area contributed by atoms with Crippen molar-refractivity contribution in [1.82, 2.24) is 15.3 Å². The molecule has 1 unspecified atom stereocenters. The van der Waals surface area contributed by atoms with Gasteiger partial charge in [0.25, 0.3) is 5.56 Å². The number of aliphatic hydroxyl groups is 1. The normalized spacial score (nSPS) is 11.9. The number of amides is 2. The lowest BCUT2D eigenvalue weighted by molar-refractivity contribution is -0.127. The van der Waals surface area contributed by atoms with Crippen molar-refractivity contribution in [3.8, 4) is 0 Å². The second-order valence-electron chi connectivity index (χ2n) is 4.23. The molecule has 0 fully saturated rings. The first-order valence-corrected chi connectivity index (χ1v) is 5.87. The molecule has 1 rings (SSSR count). The molecule has 0 radical (unpaired) electrons. The van der Waals surface area contributed by atoms with Crippen molar-refractivity contribution < 1.29 is 14.7 Å². The van der Waals surface area contributed by atoms with Crippen LogP contribution in [-0.2, 0) is 16.0 Å². The molecular weight excluding hydrogens is 268 g/mol. The Balaban J connectivity index is 2.56. The molecule has 0 bridgehead atoms. The summed E-state index contributed by atoms with van der Waals surface area (Å²) in [6, 6.07) is 0. The summed E-state index contributed by atoms with van der Waals surface area (Å²) >= 11 is 0. The maximum Gasteiger partial charge on any atom is 0.325 e. The summed E-state index contributed by atoms with van der Waals surface area (Å²) in [4.78, 5) is 49.0. The Morgan fingerprint density at radius 1 is 1.35 bits per heavy atom. The van der Waals surface area contributed by atoms with Crippen LogP contribution in [0.15, 0.2) is 9.59 Å². The highest BCUT2D eigenvalue weighted by Crippen LogP contribution is 1.99. The first kappa shape index (κ1) is 15.6. The van der Waals surface area contributed by atoms with Crippen molar-refractivity contribution in [2.24, 2.45) is 5.73 Å². The fourth-order valence-electron chi connectivity index (χ4n) is 1.56. The SMILES string of the molecule is Cc1[nH]c(=O)[nH]c(=O)c1CCC(=O)NCC(O)C(N)=O. The fraction of sp³-hybridized carbons (Fsp3) is 0.455. The fourth-order valence-corrected chi connectivity index (χ4v) is 1.56. The first-order chi connectivity index (χ1) is 9.31. The Morgan fingerprint density at radius 2 is 2.00 bits per heavy atom. The van der Waals surface area contributed by atoms with Crippen LogP contribution in [0.25, 0.3) is 0 Å². The highest BCUT2D eigenvalue weighted by Gasteiger charge is 2.13. The number of aromatic amines is 2. The van der Waals surface area contributed by atoms with E-state index in [0.29, 0.717) is 11.3 Å². The Hall–Kier alpha value is -2.42. The molecular formula is C11H16N4O5. The van der Waals surface area contributed by atoms with Gasteiger partial charge in [0, 0.05) is 17.7 Å². The van der Waals surface area contributed by atoms with Crippen LogP contribution in [0, 0.1) is 6.92 Å². The number of hydrogen-bond acceptors (Lipinski definition) is 5. The minimum atomic E-state index is -1.45. The topological polar surface area (TPSA) is 158 Å². The number of carbonyl (C=O) groups is 2. The zero-order valence-corrected chi connectivity index (χ0v) is 10.9. The van der Waals surface area contributed by atoms with Gasteiger partial charge in [-0.15, -0.1) is 0 Å². The summed E-state index contributed by atoms with van der Waals surface area (Å²) in [6.07, 6.45) is -1.35. The second-order valence-corrected chi connectivity index (χ2v) is 4.23. The van der Waals surface area contributed by atoms with Gasteiger partial charge in [-0.1, -0.05) is 0 Å². The zero-order chi connectivity index (χ0) is 15.3. The molecule has 0 aromatic carbocycles. The molecule has 2 amide bonds. The van der Waals surface area contributed by atoms with Crippen LogP contribution < -0.4 is 22.3 Å². The van der Waals surface area contributed by atoms with E-state index in [0.717, 1.165) is 0 Å². The standard InChI is InChI=1S/C11H16N4O5/c1-5-6(10(19)15-11(20)14-5)2-3-8(17)13-4-7(16)9(12)18/h7,16H,2-4H2,1H3,(H2,12,18)(H,13,17)(H2,14,15,19,20). The highest BCUT2D eigenvalue weighted by atomic mass is 16.3. The lowest BCUT2D eigenvalue weighted by atomic mass is 10.1. The van der Waals surface area contributed by atoms with Crippen molar-refractivity contribution >= 4 is 11.8 Å². The van der Waals surface area contributed by atoms with E-state index in [1.165, 1.54) is 0 Å². The van der Waals surface area contributed by atoms with Crippen molar-refractivity contribution in [2.45, 2.75) is 25.9 Å². The molecule has 20 heavy (non-hydrogen) atoms. The van der Waals surface area contributed by atoms with Crippen molar-refractivity contribution in [3.63, 3.8) is 0 Å². The van der Waals surface area contributed by atoms with Crippen LogP contribution in [0.2, 0.25) is 0 Å². The summed E-state index contributed by atoms with van der Waals surface area (Å²) in [7, 11) is 0. The molecule has 0 aliphatic rings. The van der Waals surface area contributed by atoms with E-state index >= 15 is 0 Å². The number of hydrogen-bond donors (Lipinski definition) is 5. The average Bonchev–Trinajstić information content (AvgIpc) is 2.34. The van der Waals surface area contributed by atoms with Gasteiger partial charge < -0.3 is 21.1 Å². The quantitative estimate of drug-likeness (QED) is 0.383. The van der Waals surface area contributed by atoms with Gasteiger partial charge in [0.15, 0.2) is 0 Å². The molecule has 0 aliphatic carbocycles. The third-order valence-electron chi connectivity index (χ3n) is 2.68. The molecule has 9 nitrogen and oxygen atoms in total. The van der Waals surface area contributed by atoms with E-state index in [9.17, 15) is 19.2 Å². The maximum absolute atomic E-state index is 11.5. The van der Waals surface area contributed by atoms with Crippen LogP contribution in [0.1, 0.15) is 17.7 Å². The van der Waals surface area contributed by atoms with E-state index in [1.54, 1.807) is 6.92 Å². The minimum Gasteiger partial charge on any atom is -0.381 e. The Labute approximate surface area is 113 Å². The van der Waals surface area contributed by atoms with Crippen molar-refractivity contribution in [3.05, 3.63) is 32.1 Å². The molecule has 0 spiro atoms. The Kier molecular flexibility index (Phi) is 5.21. The highest BCUT2D eigenvalue weighted by molar-refractivity contribution is 5.81. The van der Waals surface area contributed by atoms with Gasteiger partial charge in [-0.05, 0) is 13.3 Å². The van der Waals surface area contributed by atoms with Crippen LogP contribution in [-0.4, -0.2) is 39.5 Å². The number of aliphatic hydroxyl groups excluding tert-OH is 1. The summed E-state index contributed by atoms with van der Waals surface area (Å²) < 4.78 is 0. The molecule has 0 saturated heterocycles. The maximum atomic E-state index is 11.5. The molecule has 1 aromatic rings. The van der Waals surface area contributed by atoms with Crippen molar-refractivity contribution in [1.29, 1.82) is 0 Å². The molecule has 0 aliphatic heterocycles. The Bertz CT molecular complexity index is 618. The van der Waals surface area contributed by atoms with Crippen LogP contribution in [0.5, 0.6) is 0 Å². The van der Waals surface area contributed by atoms with Gasteiger partial charge in [0.1, 0.15) is 6.10 Å². The third kappa shape index (κ3) is 4.35. The molecule has 110 valence electrons. The number of nitrogens with two attached hydrogens (primary N) is 1. The average molecular weight is 284 g/mol. The van der Waals surface area contributed by atoms with Gasteiger partial charge in [-0.3, -0.25) is 19.4 Å². The monoisotopic (exact) mass is 284 g/mol. The summed E-state index contributed by atoms with van der Waals surface area (Å²) in [5, 5.41) is 11.4. The van der Waals surface area contributed by atoms with Crippen LogP contribution in [0.3, 0.4) is 0 Å². The molecule has 6 N–H and O–H groups in total. The number of carbonyl (C=O) groups excluding carboxylic acids is 2.